The first kappa shape index (κ1) is 74.0. The van der Waals surface area contributed by atoms with Crippen LogP contribution in [0.1, 0.15) is 328 Å². The Labute approximate surface area is 480 Å². The molecule has 0 aliphatic heterocycles. The summed E-state index contributed by atoms with van der Waals surface area (Å²) in [7, 11) is 0. The van der Waals surface area contributed by atoms with Crippen molar-refractivity contribution in [3.05, 3.63) is 109 Å². The Bertz CT molecular complexity index is 1440. The molecule has 0 aliphatic carbocycles. The zero-order valence-corrected chi connectivity index (χ0v) is 51.2. The second-order valence-electron chi connectivity index (χ2n) is 22.5. The van der Waals surface area contributed by atoms with Crippen molar-refractivity contribution in [2.45, 2.75) is 341 Å². The molecule has 2 unspecified atom stereocenters. The lowest BCUT2D eigenvalue weighted by Gasteiger charge is -2.20. The number of carbonyl (C=O) groups is 1. The fraction of sp³-hybridized carbons (Fsp3) is 0.740. The quantitative estimate of drug-likeness (QED) is 0.0420. The van der Waals surface area contributed by atoms with Crippen LogP contribution >= 0.6 is 0 Å². The number of nitrogens with one attached hydrogen (secondary N) is 1. The molecule has 77 heavy (non-hydrogen) atoms. The Balaban J connectivity index is 3.54. The van der Waals surface area contributed by atoms with Gasteiger partial charge in [0.25, 0.3) is 0 Å². The van der Waals surface area contributed by atoms with Crippen molar-refractivity contribution in [1.29, 1.82) is 0 Å². The topological polar surface area (TPSA) is 69.6 Å². The van der Waals surface area contributed by atoms with E-state index >= 15 is 0 Å². The summed E-state index contributed by atoms with van der Waals surface area (Å²) in [6.07, 6.45) is 102. The molecule has 0 aromatic rings. The van der Waals surface area contributed by atoms with Crippen LogP contribution in [0.4, 0.5) is 0 Å². The van der Waals surface area contributed by atoms with E-state index in [1.807, 2.05) is 6.08 Å². The molecule has 0 spiro atoms. The van der Waals surface area contributed by atoms with Gasteiger partial charge in [0.15, 0.2) is 0 Å². The van der Waals surface area contributed by atoms with Crippen molar-refractivity contribution in [3.8, 4) is 0 Å². The van der Waals surface area contributed by atoms with Gasteiger partial charge in [-0.1, -0.05) is 348 Å². The second kappa shape index (κ2) is 67.3. The molecule has 0 aromatic heterocycles. The predicted octanol–water partition coefficient (Wildman–Crippen LogP) is 23.0. The van der Waals surface area contributed by atoms with E-state index in [1.165, 1.54) is 218 Å². The molecule has 1 amide bonds. The molecule has 4 nitrogen and oxygen atoms in total. The van der Waals surface area contributed by atoms with Crippen molar-refractivity contribution < 1.29 is 15.0 Å². The SMILES string of the molecule is CC/C=C\C/C=C\C/C=C\C/C=C\C/C=C\C/C=C\C/C=C\C/C=C\CCCCCCCCCCC(=O)NC(CO)C(O)/C=C/CCCCCCCCCCCCCCCCCCCCCCCCCCCCCCCC. The minimum atomic E-state index is -0.852. The van der Waals surface area contributed by atoms with Crippen LogP contribution < -0.4 is 5.32 Å². The molecule has 0 saturated carbocycles. The maximum atomic E-state index is 12.5. The van der Waals surface area contributed by atoms with E-state index in [0.29, 0.717) is 6.42 Å². The predicted molar refractivity (Wildman–Crippen MR) is 345 cm³/mol. The van der Waals surface area contributed by atoms with Gasteiger partial charge in [0.05, 0.1) is 18.8 Å². The third-order valence-corrected chi connectivity index (χ3v) is 15.0. The van der Waals surface area contributed by atoms with Crippen molar-refractivity contribution in [3.63, 3.8) is 0 Å². The number of hydrogen-bond donors (Lipinski definition) is 3. The van der Waals surface area contributed by atoms with Crippen LogP contribution in [-0.2, 0) is 4.79 Å². The van der Waals surface area contributed by atoms with Crippen molar-refractivity contribution in [1.82, 2.24) is 5.32 Å². The van der Waals surface area contributed by atoms with Gasteiger partial charge in [0, 0.05) is 6.42 Å². The normalized spacial score (nSPS) is 13.5. The van der Waals surface area contributed by atoms with Gasteiger partial charge in [-0.15, -0.1) is 0 Å². The van der Waals surface area contributed by atoms with Gasteiger partial charge in [-0.3, -0.25) is 4.79 Å². The van der Waals surface area contributed by atoms with Gasteiger partial charge < -0.3 is 15.5 Å². The highest BCUT2D eigenvalue weighted by Crippen LogP contribution is 2.18. The highest BCUT2D eigenvalue weighted by atomic mass is 16.3. The number of amides is 1. The zero-order chi connectivity index (χ0) is 55.5. The van der Waals surface area contributed by atoms with Gasteiger partial charge in [0.2, 0.25) is 5.91 Å². The summed E-state index contributed by atoms with van der Waals surface area (Å²) in [5.41, 5.74) is 0. The van der Waals surface area contributed by atoms with E-state index in [2.05, 4.69) is 116 Å². The summed E-state index contributed by atoms with van der Waals surface area (Å²) in [5, 5.41) is 23.3. The molecule has 444 valence electrons. The maximum Gasteiger partial charge on any atom is 0.220 e. The first-order valence-corrected chi connectivity index (χ1v) is 33.6. The van der Waals surface area contributed by atoms with E-state index in [1.54, 1.807) is 6.08 Å². The number of unbranched alkanes of at least 4 members (excludes halogenated alkanes) is 38. The van der Waals surface area contributed by atoms with Crippen LogP contribution in [0, 0.1) is 0 Å². The molecule has 4 heteroatoms. The molecule has 0 heterocycles. The molecule has 0 aliphatic rings. The fourth-order valence-corrected chi connectivity index (χ4v) is 9.96. The number of rotatable bonds is 61. The lowest BCUT2D eigenvalue weighted by atomic mass is 10.0. The highest BCUT2D eigenvalue weighted by molar-refractivity contribution is 5.76. The Morgan fingerprint density at radius 3 is 0.857 bits per heavy atom. The van der Waals surface area contributed by atoms with E-state index in [9.17, 15) is 15.0 Å². The number of aliphatic hydroxyl groups excluding tert-OH is 2. The Hall–Kier alpha value is -2.95. The van der Waals surface area contributed by atoms with Crippen LogP contribution in [0.5, 0.6) is 0 Å². The second-order valence-corrected chi connectivity index (χ2v) is 22.5. The van der Waals surface area contributed by atoms with Gasteiger partial charge in [-0.25, -0.2) is 0 Å². The minimum Gasteiger partial charge on any atom is -0.394 e. The summed E-state index contributed by atoms with van der Waals surface area (Å²) < 4.78 is 0. The molecule has 3 N–H and O–H groups in total. The Morgan fingerprint density at radius 1 is 0.325 bits per heavy atom. The third-order valence-electron chi connectivity index (χ3n) is 15.0. The van der Waals surface area contributed by atoms with Crippen molar-refractivity contribution in [2.24, 2.45) is 0 Å². The van der Waals surface area contributed by atoms with Gasteiger partial charge >= 0.3 is 0 Å². The number of hydrogen-bond acceptors (Lipinski definition) is 3. The number of carbonyl (C=O) groups excluding carboxylic acids is 1. The molecule has 0 saturated heterocycles. The summed E-state index contributed by atoms with van der Waals surface area (Å²) in [5.74, 6) is -0.0732. The average molecular weight is 1070 g/mol. The summed E-state index contributed by atoms with van der Waals surface area (Å²) in [6.45, 7) is 4.22. The van der Waals surface area contributed by atoms with E-state index in [-0.39, 0.29) is 12.5 Å². The monoisotopic (exact) mass is 1070 g/mol. The highest BCUT2D eigenvalue weighted by Gasteiger charge is 2.18. The van der Waals surface area contributed by atoms with E-state index in [4.69, 9.17) is 0 Å². The van der Waals surface area contributed by atoms with Gasteiger partial charge in [-0.2, -0.15) is 0 Å². The Morgan fingerprint density at radius 2 is 0.571 bits per heavy atom. The molecular weight excluding hydrogens is 939 g/mol. The van der Waals surface area contributed by atoms with Crippen LogP contribution in [-0.4, -0.2) is 34.9 Å². The van der Waals surface area contributed by atoms with Gasteiger partial charge in [0.1, 0.15) is 0 Å². The molecule has 0 fully saturated rings. The molecular formula is C73H129NO3. The van der Waals surface area contributed by atoms with Crippen LogP contribution in [0.15, 0.2) is 109 Å². The summed E-state index contributed by atoms with van der Waals surface area (Å²) >= 11 is 0. The first-order chi connectivity index (χ1) is 38.2. The molecule has 0 rings (SSSR count). The molecule has 2 atom stereocenters. The Kier molecular flexibility index (Phi) is 64.7. The fourth-order valence-electron chi connectivity index (χ4n) is 9.96. The number of allylic oxidation sites excluding steroid dienone is 17. The lowest BCUT2D eigenvalue weighted by molar-refractivity contribution is -0.123. The zero-order valence-electron chi connectivity index (χ0n) is 51.2. The van der Waals surface area contributed by atoms with Crippen LogP contribution in [0.2, 0.25) is 0 Å². The number of aliphatic hydroxyl groups is 2. The van der Waals surface area contributed by atoms with Crippen molar-refractivity contribution >= 4 is 5.91 Å². The molecule has 0 aromatic carbocycles. The average Bonchev–Trinajstić information content (AvgIpc) is 3.43. The smallest absolute Gasteiger partial charge is 0.220 e. The van der Waals surface area contributed by atoms with E-state index in [0.717, 1.165) is 89.9 Å². The molecule has 0 bridgehead atoms. The van der Waals surface area contributed by atoms with Crippen molar-refractivity contribution in [2.75, 3.05) is 6.61 Å². The summed E-state index contributed by atoms with van der Waals surface area (Å²) in [6, 6.07) is -0.637. The largest absolute Gasteiger partial charge is 0.394 e. The standard InChI is InChI=1S/C73H129NO3/c1-3-5-7-9-11-13-15-17-19-21-23-25-27-29-31-33-35-37-39-41-43-45-47-49-51-53-55-57-59-61-63-65-67-69-73(77)74-71(70-75)72(76)68-66-64-62-60-58-56-54-52-50-48-46-44-42-40-38-36-34-32-30-28-26-24-22-20-18-16-14-12-10-8-6-4-2/h5,7,11,13,17,19,23,25,29,31,35,37,41,43,47,49,66,68,71-72,75-76H,3-4,6,8-10,12,14-16,18,20-22,24,26-28,30,32-34,36,38-40,42,44-46,48,50-65,67,69-70H2,1-2H3,(H,74,77)/b7-5-,13-11-,19-17-,25-23-,31-29-,37-35-,43-41-,49-47-,68-66+. The van der Waals surface area contributed by atoms with Crippen LogP contribution in [0.3, 0.4) is 0 Å². The van der Waals surface area contributed by atoms with E-state index < -0.39 is 12.1 Å². The minimum absolute atomic E-state index is 0.0732. The lowest BCUT2D eigenvalue weighted by Crippen LogP contribution is -2.45. The third kappa shape index (κ3) is 63.8. The maximum absolute atomic E-state index is 12.5. The molecule has 0 radical (unpaired) electrons. The summed E-state index contributed by atoms with van der Waals surface area (Å²) in [4.78, 5) is 12.5. The first-order valence-electron chi connectivity index (χ1n) is 33.6. The van der Waals surface area contributed by atoms with Gasteiger partial charge in [-0.05, 0) is 83.5 Å². The van der Waals surface area contributed by atoms with Crippen LogP contribution in [0.25, 0.3) is 0 Å².